The number of aromatic nitrogens is 2. The first-order valence-corrected chi connectivity index (χ1v) is 20.4. The Morgan fingerprint density at radius 1 is 0.695 bits per heavy atom. The van der Waals surface area contributed by atoms with Gasteiger partial charge >= 0.3 is 12.4 Å². The van der Waals surface area contributed by atoms with Crippen molar-refractivity contribution in [1.82, 2.24) is 9.97 Å². The van der Waals surface area contributed by atoms with Crippen molar-refractivity contribution >= 4 is 17.9 Å². The zero-order chi connectivity index (χ0) is 42.1. The molecular weight excluding hydrogens is 775 g/mol. The van der Waals surface area contributed by atoms with E-state index in [-0.39, 0.29) is 36.4 Å². The maximum atomic E-state index is 12.9. The van der Waals surface area contributed by atoms with Crippen molar-refractivity contribution in [2.75, 3.05) is 9.80 Å². The maximum Gasteiger partial charge on any atom is 0.417 e. The molecule has 8 nitrogen and oxygen atoms in total. The Balaban J connectivity index is 0.000000180. The fraction of sp³-hybridized carbons (Fsp3) is 0.489. The van der Waals surface area contributed by atoms with Gasteiger partial charge in [-0.15, -0.1) is 0 Å². The van der Waals surface area contributed by atoms with Crippen LogP contribution in [0, 0.1) is 13.8 Å². The van der Waals surface area contributed by atoms with E-state index in [2.05, 4.69) is 19.8 Å². The summed E-state index contributed by atoms with van der Waals surface area (Å²) in [6, 6.07) is 17.4. The molecule has 4 aliphatic heterocycles. The Kier molecular flexibility index (Phi) is 12.5. The van der Waals surface area contributed by atoms with E-state index >= 15 is 0 Å². The number of aliphatic hydroxyl groups is 1. The molecule has 0 amide bonds. The Bertz CT molecular complexity index is 2030. The number of fused-ring (bicyclic) bond motifs is 4. The van der Waals surface area contributed by atoms with Crippen molar-refractivity contribution < 1.29 is 45.7 Å². The predicted octanol–water partition coefficient (Wildman–Crippen LogP) is 10.6. The van der Waals surface area contributed by atoms with Crippen LogP contribution in [-0.2, 0) is 12.4 Å². The van der Waals surface area contributed by atoms with Gasteiger partial charge in [0.25, 0.3) is 0 Å². The van der Waals surface area contributed by atoms with Gasteiger partial charge in [0, 0.05) is 67.8 Å². The van der Waals surface area contributed by atoms with E-state index in [1.165, 1.54) is 12.1 Å². The Morgan fingerprint density at radius 3 is 1.54 bits per heavy atom. The van der Waals surface area contributed by atoms with Gasteiger partial charge in [-0.05, 0) is 94.5 Å². The highest BCUT2D eigenvalue weighted by atomic mass is 19.4. The number of carbonyl (C=O) groups excluding carboxylic acids is 1. The summed E-state index contributed by atoms with van der Waals surface area (Å²) in [5, 5.41) is 10.6. The zero-order valence-corrected chi connectivity index (χ0v) is 33.3. The number of carbonyl (C=O) groups is 1. The van der Waals surface area contributed by atoms with Crippen molar-refractivity contribution in [2.24, 2.45) is 0 Å². The molecule has 8 rings (SSSR count). The third-order valence-corrected chi connectivity index (χ3v) is 12.0. The summed E-state index contributed by atoms with van der Waals surface area (Å²) in [7, 11) is 0. The first-order chi connectivity index (χ1) is 28.1. The molecule has 3 unspecified atom stereocenters. The van der Waals surface area contributed by atoms with E-state index in [9.17, 15) is 36.2 Å². The molecule has 0 radical (unpaired) electrons. The number of aliphatic hydroxyl groups excluding tert-OH is 1. The molecule has 4 bridgehead atoms. The highest BCUT2D eigenvalue weighted by Crippen LogP contribution is 2.43. The van der Waals surface area contributed by atoms with Gasteiger partial charge in [-0.3, -0.25) is 4.79 Å². The fourth-order valence-electron chi connectivity index (χ4n) is 9.30. The molecule has 7 atom stereocenters. The summed E-state index contributed by atoms with van der Waals surface area (Å²) >= 11 is 0. The van der Waals surface area contributed by atoms with Crippen molar-refractivity contribution in [3.05, 3.63) is 106 Å². The van der Waals surface area contributed by atoms with Crippen LogP contribution in [0.4, 0.5) is 38.0 Å². The number of rotatable bonds is 10. The minimum absolute atomic E-state index is 0.0125. The molecule has 14 heteroatoms. The van der Waals surface area contributed by atoms with E-state index in [1.807, 2.05) is 51.1 Å². The van der Waals surface area contributed by atoms with Gasteiger partial charge in [-0.25, -0.2) is 9.97 Å². The topological polar surface area (TPSA) is 88.0 Å². The normalized spacial score (nSPS) is 24.3. The van der Waals surface area contributed by atoms with Crippen molar-refractivity contribution in [2.45, 2.75) is 140 Å². The molecule has 2 aromatic carbocycles. The van der Waals surface area contributed by atoms with Crippen molar-refractivity contribution in [1.29, 1.82) is 0 Å². The number of hydrogen-bond donors (Lipinski definition) is 1. The first-order valence-electron chi connectivity index (χ1n) is 20.4. The monoisotopic (exact) mass is 824 g/mol. The highest BCUT2D eigenvalue weighted by Gasteiger charge is 2.44. The molecular formula is C45H50F6N4O4. The average molecular weight is 825 g/mol. The molecule has 4 saturated heterocycles. The number of nitrogens with zero attached hydrogens (tertiary/aromatic N) is 4. The Labute approximate surface area is 340 Å². The zero-order valence-electron chi connectivity index (χ0n) is 33.3. The van der Waals surface area contributed by atoms with Crippen LogP contribution in [0.25, 0.3) is 0 Å². The summed E-state index contributed by atoms with van der Waals surface area (Å²) < 4.78 is 89.4. The lowest BCUT2D eigenvalue weighted by molar-refractivity contribution is -0.138. The molecule has 6 heterocycles. The number of ether oxygens (including phenoxy) is 2. The van der Waals surface area contributed by atoms with Gasteiger partial charge < -0.3 is 24.4 Å². The SMILES string of the molecule is CCCC(O)c1cc(C)ccc1OC1C[C@H]2CC[C@@H](C1)N2c1ccc(C(F)(F)F)cn1.Cc1ccc(OC2C[C@H]3CC[C@@H](C2)N3c2ccc(C(F)(F)F)cn2)c(C=O)c1. The molecule has 4 aromatic rings. The van der Waals surface area contributed by atoms with Crippen LogP contribution in [0.1, 0.15) is 115 Å². The lowest BCUT2D eigenvalue weighted by Crippen LogP contribution is -2.47. The quantitative estimate of drug-likeness (QED) is 0.125. The number of piperidine rings is 2. The van der Waals surface area contributed by atoms with Gasteiger partial charge in [0.15, 0.2) is 6.29 Å². The van der Waals surface area contributed by atoms with E-state index < -0.39 is 29.6 Å². The van der Waals surface area contributed by atoms with E-state index in [4.69, 9.17) is 9.47 Å². The molecule has 0 aliphatic carbocycles. The molecule has 0 saturated carbocycles. The number of anilines is 2. The lowest BCUT2D eigenvalue weighted by atomic mass is 9.98. The van der Waals surface area contributed by atoms with Crippen LogP contribution in [-0.4, -0.2) is 57.7 Å². The third kappa shape index (κ3) is 9.63. The summed E-state index contributed by atoms with van der Waals surface area (Å²) in [5.41, 5.74) is 2.00. The van der Waals surface area contributed by atoms with Crippen LogP contribution in [0.2, 0.25) is 0 Å². The molecule has 2 aromatic heterocycles. The molecule has 4 fully saturated rings. The Morgan fingerprint density at radius 2 is 1.14 bits per heavy atom. The second-order valence-electron chi connectivity index (χ2n) is 16.3. The van der Waals surface area contributed by atoms with E-state index in [0.717, 1.165) is 111 Å². The largest absolute Gasteiger partial charge is 0.490 e. The van der Waals surface area contributed by atoms with Crippen LogP contribution < -0.4 is 19.3 Å². The number of pyridine rings is 2. The van der Waals surface area contributed by atoms with Crippen molar-refractivity contribution in [3.8, 4) is 11.5 Å². The number of aryl methyl sites for hydroxylation is 2. The van der Waals surface area contributed by atoms with Crippen LogP contribution >= 0.6 is 0 Å². The Hall–Kier alpha value is -4.85. The van der Waals surface area contributed by atoms with E-state index in [0.29, 0.717) is 29.4 Å². The number of hydrogen-bond acceptors (Lipinski definition) is 8. The van der Waals surface area contributed by atoms with Gasteiger partial charge in [-0.2, -0.15) is 26.3 Å². The van der Waals surface area contributed by atoms with Crippen LogP contribution in [0.15, 0.2) is 73.1 Å². The number of benzene rings is 2. The molecule has 316 valence electrons. The van der Waals surface area contributed by atoms with Gasteiger partial charge in [0.2, 0.25) is 0 Å². The maximum absolute atomic E-state index is 12.9. The van der Waals surface area contributed by atoms with Crippen LogP contribution in [0.5, 0.6) is 11.5 Å². The van der Waals surface area contributed by atoms with Gasteiger partial charge in [0.1, 0.15) is 35.3 Å². The van der Waals surface area contributed by atoms with E-state index in [1.54, 1.807) is 6.07 Å². The smallest absolute Gasteiger partial charge is 0.417 e. The molecule has 4 aliphatic rings. The lowest BCUT2D eigenvalue weighted by Gasteiger charge is -2.40. The van der Waals surface area contributed by atoms with Crippen molar-refractivity contribution in [3.63, 3.8) is 0 Å². The van der Waals surface area contributed by atoms with Gasteiger partial charge in [-0.1, -0.05) is 36.6 Å². The second-order valence-corrected chi connectivity index (χ2v) is 16.3. The first kappa shape index (κ1) is 42.3. The molecule has 59 heavy (non-hydrogen) atoms. The summed E-state index contributed by atoms with van der Waals surface area (Å²) in [6.45, 7) is 5.97. The fourth-order valence-corrected chi connectivity index (χ4v) is 9.30. The summed E-state index contributed by atoms with van der Waals surface area (Å²) in [4.78, 5) is 23.8. The third-order valence-electron chi connectivity index (χ3n) is 12.0. The van der Waals surface area contributed by atoms with Crippen LogP contribution in [0.3, 0.4) is 0 Å². The number of aldehydes is 1. The predicted molar refractivity (Wildman–Crippen MR) is 212 cm³/mol. The number of halogens is 6. The molecule has 0 spiro atoms. The minimum atomic E-state index is -4.38. The molecule has 1 N–H and O–H groups in total. The average Bonchev–Trinajstić information content (AvgIpc) is 3.63. The standard InChI is InChI=1S/C24H29F3N2O2.C21H21F3N2O2/c1-3-4-21(30)20-11-15(2)5-9-22(20)31-19-12-17-7-8-18(13-19)29(17)23-10-6-16(14-28-23)24(25,26)27;1-13-2-6-19(14(8-13)12-27)28-18-9-16-4-5-17(10-18)26(16)20-7-3-15(11-25-20)21(22,23)24/h5-6,9-11,14,17-19,21,30H,3-4,7-8,12-13H2,1-2H3;2-3,6-8,11-12,16-18H,4-5,9-10H2,1H3/t17-,18+,19?,21?;16-,17+,18?. The summed E-state index contributed by atoms with van der Waals surface area (Å²) in [6.07, 6.45) is 1.85. The minimum Gasteiger partial charge on any atom is -0.490 e. The highest BCUT2D eigenvalue weighted by molar-refractivity contribution is 5.79. The second kappa shape index (κ2) is 17.4. The summed E-state index contributed by atoms with van der Waals surface area (Å²) in [5.74, 6) is 2.51. The van der Waals surface area contributed by atoms with Gasteiger partial charge in [0.05, 0.1) is 22.8 Å². The number of alkyl halides is 6.